The van der Waals surface area contributed by atoms with Gasteiger partial charge >= 0.3 is 0 Å². The fourth-order valence-corrected chi connectivity index (χ4v) is 6.08. The van der Waals surface area contributed by atoms with Crippen molar-refractivity contribution in [3.8, 4) is 5.75 Å². The van der Waals surface area contributed by atoms with Gasteiger partial charge in [0.15, 0.2) is 0 Å². The maximum absolute atomic E-state index is 13.4. The molecule has 0 spiro atoms. The van der Waals surface area contributed by atoms with E-state index in [0.717, 1.165) is 31.2 Å². The molecule has 1 atom stereocenters. The zero-order valence-corrected chi connectivity index (χ0v) is 18.3. The highest BCUT2D eigenvalue weighted by Crippen LogP contribution is 2.34. The molecule has 30 heavy (non-hydrogen) atoms. The fourth-order valence-electron chi connectivity index (χ4n) is 4.55. The summed E-state index contributed by atoms with van der Waals surface area (Å²) in [5.41, 5.74) is 2.04. The van der Waals surface area contributed by atoms with Crippen LogP contribution in [0.2, 0.25) is 0 Å². The molecule has 160 valence electrons. The number of benzene rings is 2. The Kier molecular flexibility index (Phi) is 5.73. The number of ether oxygens (including phenoxy) is 1. The summed E-state index contributed by atoms with van der Waals surface area (Å²) in [6.07, 6.45) is 4.63. The molecule has 1 unspecified atom stereocenters. The average Bonchev–Trinajstić information content (AvgIpc) is 3.23. The van der Waals surface area contributed by atoms with Crippen LogP contribution < -0.4 is 9.04 Å². The second-order valence-electron chi connectivity index (χ2n) is 7.87. The number of nitrogens with zero attached hydrogens (tertiary/aromatic N) is 2. The molecule has 6 nitrogen and oxygen atoms in total. The first-order chi connectivity index (χ1) is 14.5. The molecule has 2 aliphatic rings. The Balaban J connectivity index is 1.72. The topological polar surface area (TPSA) is 66.9 Å². The van der Waals surface area contributed by atoms with E-state index in [9.17, 15) is 13.2 Å². The van der Waals surface area contributed by atoms with Crippen molar-refractivity contribution >= 4 is 21.6 Å². The summed E-state index contributed by atoms with van der Waals surface area (Å²) >= 11 is 0. The van der Waals surface area contributed by atoms with Crippen molar-refractivity contribution in [1.82, 2.24) is 4.90 Å². The van der Waals surface area contributed by atoms with Crippen molar-refractivity contribution in [2.24, 2.45) is 0 Å². The van der Waals surface area contributed by atoms with E-state index >= 15 is 0 Å². The predicted molar refractivity (Wildman–Crippen MR) is 117 cm³/mol. The Bertz CT molecular complexity index is 1050. The van der Waals surface area contributed by atoms with Crippen LogP contribution in [0.5, 0.6) is 5.75 Å². The number of hydrogen-bond donors (Lipinski definition) is 0. The summed E-state index contributed by atoms with van der Waals surface area (Å²) < 4.78 is 33.7. The van der Waals surface area contributed by atoms with E-state index in [1.54, 1.807) is 6.07 Å². The number of piperidine rings is 1. The van der Waals surface area contributed by atoms with Crippen LogP contribution in [0, 0.1) is 0 Å². The van der Waals surface area contributed by atoms with Crippen LogP contribution in [0.4, 0.5) is 5.69 Å². The number of likely N-dealkylation sites (tertiary alicyclic amines) is 1. The summed E-state index contributed by atoms with van der Waals surface area (Å²) in [5, 5.41) is 0. The van der Waals surface area contributed by atoms with Gasteiger partial charge in [0.05, 0.1) is 23.3 Å². The highest BCUT2D eigenvalue weighted by atomic mass is 32.2. The Labute approximate surface area is 178 Å². The monoisotopic (exact) mass is 428 g/mol. The van der Waals surface area contributed by atoms with Crippen molar-refractivity contribution < 1.29 is 17.9 Å². The highest BCUT2D eigenvalue weighted by molar-refractivity contribution is 7.92. The van der Waals surface area contributed by atoms with Gasteiger partial charge in [-0.2, -0.15) is 0 Å². The quantitative estimate of drug-likeness (QED) is 0.726. The molecule has 1 amide bonds. The van der Waals surface area contributed by atoms with Crippen molar-refractivity contribution in [1.29, 1.82) is 0 Å². The summed E-state index contributed by atoms with van der Waals surface area (Å²) in [7, 11) is -2.27. The van der Waals surface area contributed by atoms with Gasteiger partial charge in [0, 0.05) is 19.1 Å². The second kappa shape index (κ2) is 8.30. The minimum Gasteiger partial charge on any atom is -0.496 e. The van der Waals surface area contributed by atoms with Gasteiger partial charge in [-0.3, -0.25) is 9.10 Å². The Morgan fingerprint density at radius 2 is 1.93 bits per heavy atom. The van der Waals surface area contributed by atoms with Gasteiger partial charge < -0.3 is 9.64 Å². The minimum absolute atomic E-state index is 0.119. The lowest BCUT2D eigenvalue weighted by molar-refractivity contribution is 0.0604. The molecule has 2 aliphatic heterocycles. The number of para-hydroxylation sites is 1. The lowest BCUT2D eigenvalue weighted by Crippen LogP contribution is -2.43. The molecule has 1 saturated heterocycles. The average molecular weight is 429 g/mol. The third-order valence-corrected chi connectivity index (χ3v) is 8.00. The number of amides is 1. The van der Waals surface area contributed by atoms with Gasteiger partial charge in [0.25, 0.3) is 15.9 Å². The number of carbonyl (C=O) groups excluding carboxylic acids is 1. The summed E-state index contributed by atoms with van der Waals surface area (Å²) in [4.78, 5) is 15.4. The first-order valence-electron chi connectivity index (χ1n) is 10.6. The van der Waals surface area contributed by atoms with Crippen LogP contribution in [0.3, 0.4) is 0 Å². The molecular weight excluding hydrogens is 400 g/mol. The van der Waals surface area contributed by atoms with E-state index in [4.69, 9.17) is 4.74 Å². The molecule has 4 rings (SSSR count). The summed E-state index contributed by atoms with van der Waals surface area (Å²) in [5.74, 6) is 0.249. The molecule has 0 aromatic heterocycles. The zero-order valence-electron chi connectivity index (χ0n) is 17.5. The molecule has 0 radical (unpaired) electrons. The van der Waals surface area contributed by atoms with Crippen molar-refractivity contribution in [3.05, 3.63) is 53.6 Å². The number of sulfonamides is 1. The smallest absolute Gasteiger partial charge is 0.264 e. The van der Waals surface area contributed by atoms with Crippen LogP contribution in [-0.4, -0.2) is 45.5 Å². The zero-order chi connectivity index (χ0) is 21.3. The van der Waals surface area contributed by atoms with Crippen LogP contribution in [0.25, 0.3) is 0 Å². The number of carbonyl (C=O) groups is 1. The van der Waals surface area contributed by atoms with Gasteiger partial charge in [-0.25, -0.2) is 8.42 Å². The van der Waals surface area contributed by atoms with E-state index in [1.807, 2.05) is 29.2 Å². The van der Waals surface area contributed by atoms with Crippen molar-refractivity contribution in [2.45, 2.75) is 50.0 Å². The number of anilines is 1. The largest absolute Gasteiger partial charge is 0.496 e. The second-order valence-corrected chi connectivity index (χ2v) is 9.74. The van der Waals surface area contributed by atoms with Gasteiger partial charge in [0.1, 0.15) is 5.75 Å². The molecule has 7 heteroatoms. The van der Waals surface area contributed by atoms with E-state index in [1.165, 1.54) is 23.5 Å². The summed E-state index contributed by atoms with van der Waals surface area (Å²) in [6, 6.07) is 12.3. The van der Waals surface area contributed by atoms with Crippen LogP contribution in [0.15, 0.2) is 47.4 Å². The first-order valence-corrected chi connectivity index (χ1v) is 12.0. The molecule has 2 aromatic carbocycles. The number of fused-ring (bicyclic) bond motifs is 1. The van der Waals surface area contributed by atoms with Gasteiger partial charge in [-0.05, 0) is 61.9 Å². The number of hydrogen-bond acceptors (Lipinski definition) is 4. The van der Waals surface area contributed by atoms with Gasteiger partial charge in [0.2, 0.25) is 0 Å². The Morgan fingerprint density at radius 1 is 1.13 bits per heavy atom. The van der Waals surface area contributed by atoms with E-state index < -0.39 is 10.0 Å². The number of methoxy groups -OCH3 is 1. The molecule has 0 N–H and O–H groups in total. The van der Waals surface area contributed by atoms with Crippen LogP contribution in [0.1, 0.15) is 48.5 Å². The lowest BCUT2D eigenvalue weighted by Gasteiger charge is -2.35. The normalized spacial score (nSPS) is 18.9. The standard InChI is InChI=1S/C23H28N2O4S/c1-3-18-9-6-7-14-24(18)23(26)20-16-19(11-12-22(20)29-2)30(27,28)25-15-13-17-8-4-5-10-21(17)25/h4-5,8,10-12,16,18H,3,6-7,9,13-15H2,1-2H3. The van der Waals surface area contributed by atoms with Gasteiger partial charge in [-0.15, -0.1) is 0 Å². The maximum Gasteiger partial charge on any atom is 0.264 e. The highest BCUT2D eigenvalue weighted by Gasteiger charge is 2.33. The van der Waals surface area contributed by atoms with Crippen molar-refractivity contribution in [2.75, 3.05) is 24.5 Å². The molecule has 2 heterocycles. The lowest BCUT2D eigenvalue weighted by atomic mass is 9.98. The van der Waals surface area contributed by atoms with E-state index in [2.05, 4.69) is 6.92 Å². The molecule has 2 aromatic rings. The Morgan fingerprint density at radius 3 is 2.70 bits per heavy atom. The van der Waals surface area contributed by atoms with E-state index in [-0.39, 0.29) is 16.8 Å². The molecule has 0 saturated carbocycles. The summed E-state index contributed by atoms with van der Waals surface area (Å²) in [6.45, 7) is 3.18. The molecular formula is C23H28N2O4S. The fraction of sp³-hybridized carbons (Fsp3) is 0.435. The first kappa shape index (κ1) is 20.7. The van der Waals surface area contributed by atoms with Crippen LogP contribution in [-0.2, 0) is 16.4 Å². The predicted octanol–water partition coefficient (Wildman–Crippen LogP) is 3.85. The van der Waals surface area contributed by atoms with E-state index in [0.29, 0.717) is 36.5 Å². The SMILES string of the molecule is CCC1CCCCN1C(=O)c1cc(S(=O)(=O)N2CCc3ccccc32)ccc1OC. The van der Waals surface area contributed by atoms with Crippen molar-refractivity contribution in [3.63, 3.8) is 0 Å². The third kappa shape index (κ3) is 3.55. The minimum atomic E-state index is -3.78. The van der Waals surface area contributed by atoms with Crippen LogP contribution >= 0.6 is 0 Å². The maximum atomic E-state index is 13.4. The Hall–Kier alpha value is -2.54. The molecule has 1 fully saturated rings. The number of rotatable bonds is 5. The molecule has 0 aliphatic carbocycles. The molecule has 0 bridgehead atoms. The third-order valence-electron chi connectivity index (χ3n) is 6.19. The van der Waals surface area contributed by atoms with Gasteiger partial charge in [-0.1, -0.05) is 25.1 Å².